The maximum Gasteiger partial charge on any atom is 0.131 e. The lowest BCUT2D eigenvalue weighted by molar-refractivity contribution is 0.410. The summed E-state index contributed by atoms with van der Waals surface area (Å²) in [5.74, 6) is 0.297. The summed E-state index contributed by atoms with van der Waals surface area (Å²) in [7, 11) is 1.53. The van der Waals surface area contributed by atoms with Crippen molar-refractivity contribution in [2.75, 3.05) is 7.11 Å². The summed E-state index contributed by atoms with van der Waals surface area (Å²) in [6, 6.07) is 13.4. The second kappa shape index (κ2) is 6.53. The molecule has 0 aliphatic rings. The predicted molar refractivity (Wildman–Crippen MR) is 79.4 cm³/mol. The highest BCUT2D eigenvalue weighted by Gasteiger charge is 2.08. The number of halogens is 1. The Kier molecular flexibility index (Phi) is 4.74. The van der Waals surface area contributed by atoms with Crippen molar-refractivity contribution in [3.8, 4) is 5.75 Å². The fourth-order valence-corrected chi connectivity index (χ4v) is 2.12. The maximum absolute atomic E-state index is 13.8. The van der Waals surface area contributed by atoms with Gasteiger partial charge in [0, 0.05) is 24.2 Å². The number of ether oxygens (including phenoxy) is 1. The molecule has 0 bridgehead atoms. The monoisotopic (exact) mass is 273 g/mol. The van der Waals surface area contributed by atoms with Crippen LogP contribution in [0.2, 0.25) is 0 Å². The Labute approximate surface area is 119 Å². The third-order valence-corrected chi connectivity index (χ3v) is 3.40. The van der Waals surface area contributed by atoms with E-state index in [0.717, 1.165) is 0 Å². The van der Waals surface area contributed by atoms with E-state index < -0.39 is 0 Å². The Bertz CT molecular complexity index is 583. The van der Waals surface area contributed by atoms with Crippen LogP contribution in [0, 0.1) is 12.7 Å². The van der Waals surface area contributed by atoms with Gasteiger partial charge in [-0.3, -0.25) is 0 Å². The maximum atomic E-state index is 13.8. The van der Waals surface area contributed by atoms with Crippen LogP contribution < -0.4 is 10.1 Å². The zero-order valence-electron chi connectivity index (χ0n) is 12.1. The van der Waals surface area contributed by atoms with Gasteiger partial charge in [-0.15, -0.1) is 0 Å². The molecule has 2 rings (SSSR count). The van der Waals surface area contributed by atoms with Crippen LogP contribution in [0.25, 0.3) is 0 Å². The largest absolute Gasteiger partial charge is 0.497 e. The molecule has 0 saturated heterocycles. The van der Waals surface area contributed by atoms with Crippen LogP contribution in [0.1, 0.15) is 29.7 Å². The molecule has 1 atom stereocenters. The van der Waals surface area contributed by atoms with E-state index in [2.05, 4.69) is 37.4 Å². The van der Waals surface area contributed by atoms with Gasteiger partial charge in [0.15, 0.2) is 0 Å². The van der Waals surface area contributed by atoms with Crippen molar-refractivity contribution in [3.63, 3.8) is 0 Å². The Hall–Kier alpha value is -1.87. The van der Waals surface area contributed by atoms with Gasteiger partial charge < -0.3 is 10.1 Å². The average molecular weight is 273 g/mol. The zero-order chi connectivity index (χ0) is 14.5. The molecular formula is C17H20FNO. The lowest BCUT2D eigenvalue weighted by Gasteiger charge is -2.15. The van der Waals surface area contributed by atoms with Crippen LogP contribution in [-0.4, -0.2) is 7.11 Å². The second-order valence-corrected chi connectivity index (χ2v) is 4.97. The molecule has 0 aliphatic carbocycles. The fourth-order valence-electron chi connectivity index (χ4n) is 2.12. The first-order valence-electron chi connectivity index (χ1n) is 6.72. The predicted octanol–water partition coefficient (Wildman–Crippen LogP) is 3.99. The zero-order valence-corrected chi connectivity index (χ0v) is 12.1. The molecule has 106 valence electrons. The molecule has 0 unspecified atom stereocenters. The van der Waals surface area contributed by atoms with E-state index >= 15 is 0 Å². The van der Waals surface area contributed by atoms with E-state index in [9.17, 15) is 4.39 Å². The lowest BCUT2D eigenvalue weighted by atomic mass is 10.1. The molecule has 0 aromatic heterocycles. The summed E-state index contributed by atoms with van der Waals surface area (Å²) in [4.78, 5) is 0. The lowest BCUT2D eigenvalue weighted by Crippen LogP contribution is -2.18. The summed E-state index contributed by atoms with van der Waals surface area (Å²) < 4.78 is 18.8. The van der Waals surface area contributed by atoms with Crippen molar-refractivity contribution in [2.45, 2.75) is 26.4 Å². The summed E-state index contributed by atoms with van der Waals surface area (Å²) in [6.45, 7) is 4.64. The summed E-state index contributed by atoms with van der Waals surface area (Å²) in [5, 5.41) is 3.34. The number of hydrogen-bond donors (Lipinski definition) is 1. The molecule has 2 aromatic carbocycles. The molecule has 0 aliphatic heterocycles. The SMILES string of the molecule is COc1ccc(CN[C@@H](C)c2cccc(C)c2)c(F)c1. The number of hydrogen-bond acceptors (Lipinski definition) is 2. The molecule has 0 amide bonds. The molecule has 0 spiro atoms. The van der Waals surface area contributed by atoms with Crippen LogP contribution in [0.5, 0.6) is 5.75 Å². The summed E-state index contributed by atoms with van der Waals surface area (Å²) in [5.41, 5.74) is 3.08. The smallest absolute Gasteiger partial charge is 0.131 e. The van der Waals surface area contributed by atoms with Gasteiger partial charge in [0.2, 0.25) is 0 Å². The molecule has 3 heteroatoms. The first-order chi connectivity index (χ1) is 9.60. The molecular weight excluding hydrogens is 253 g/mol. The first-order valence-corrected chi connectivity index (χ1v) is 6.72. The van der Waals surface area contributed by atoms with Gasteiger partial charge >= 0.3 is 0 Å². The van der Waals surface area contributed by atoms with Crippen molar-refractivity contribution in [2.24, 2.45) is 0 Å². The normalized spacial score (nSPS) is 12.2. The number of benzene rings is 2. The molecule has 20 heavy (non-hydrogen) atoms. The molecule has 0 saturated carbocycles. The van der Waals surface area contributed by atoms with Gasteiger partial charge in [-0.05, 0) is 25.5 Å². The molecule has 2 nitrogen and oxygen atoms in total. The number of aryl methyl sites for hydroxylation is 1. The topological polar surface area (TPSA) is 21.3 Å². The van der Waals surface area contributed by atoms with Crippen molar-refractivity contribution in [3.05, 3.63) is 65.0 Å². The summed E-state index contributed by atoms with van der Waals surface area (Å²) >= 11 is 0. The van der Waals surface area contributed by atoms with Gasteiger partial charge in [-0.2, -0.15) is 0 Å². The fraction of sp³-hybridized carbons (Fsp3) is 0.294. The van der Waals surface area contributed by atoms with E-state index in [0.29, 0.717) is 17.9 Å². The Balaban J connectivity index is 2.01. The molecule has 2 aromatic rings. The van der Waals surface area contributed by atoms with E-state index in [-0.39, 0.29) is 11.9 Å². The van der Waals surface area contributed by atoms with E-state index in [1.807, 2.05) is 6.07 Å². The minimum absolute atomic E-state index is 0.177. The van der Waals surface area contributed by atoms with Crippen LogP contribution in [0.15, 0.2) is 42.5 Å². The Morgan fingerprint density at radius 2 is 2.00 bits per heavy atom. The third kappa shape index (κ3) is 3.58. The summed E-state index contributed by atoms with van der Waals surface area (Å²) in [6.07, 6.45) is 0. The molecule has 1 N–H and O–H groups in total. The molecule has 0 radical (unpaired) electrons. The quantitative estimate of drug-likeness (QED) is 0.889. The van der Waals surface area contributed by atoms with Gasteiger partial charge in [0.1, 0.15) is 11.6 Å². The molecule has 0 heterocycles. The van der Waals surface area contributed by atoms with Crippen LogP contribution in [0.3, 0.4) is 0 Å². The highest BCUT2D eigenvalue weighted by molar-refractivity contribution is 5.29. The van der Waals surface area contributed by atoms with Gasteiger partial charge in [-0.25, -0.2) is 4.39 Å². The van der Waals surface area contributed by atoms with Crippen molar-refractivity contribution < 1.29 is 9.13 Å². The third-order valence-electron chi connectivity index (χ3n) is 3.40. The number of nitrogens with one attached hydrogen (secondary N) is 1. The first kappa shape index (κ1) is 14.5. The van der Waals surface area contributed by atoms with Crippen LogP contribution in [-0.2, 0) is 6.54 Å². The van der Waals surface area contributed by atoms with Gasteiger partial charge in [0.25, 0.3) is 0 Å². The molecule has 0 fully saturated rings. The van der Waals surface area contributed by atoms with Crippen molar-refractivity contribution in [1.29, 1.82) is 0 Å². The second-order valence-electron chi connectivity index (χ2n) is 4.97. The van der Waals surface area contributed by atoms with Gasteiger partial charge in [0.05, 0.1) is 7.11 Å². The van der Waals surface area contributed by atoms with E-state index in [4.69, 9.17) is 4.74 Å². The van der Waals surface area contributed by atoms with Crippen molar-refractivity contribution >= 4 is 0 Å². The highest BCUT2D eigenvalue weighted by Crippen LogP contribution is 2.18. The standard InChI is InChI=1S/C17H20FNO/c1-12-5-4-6-14(9-12)13(2)19-11-15-7-8-16(20-3)10-17(15)18/h4-10,13,19H,11H2,1-3H3/t13-/m0/s1. The van der Waals surface area contributed by atoms with E-state index in [1.54, 1.807) is 12.1 Å². The Morgan fingerprint density at radius 3 is 2.65 bits per heavy atom. The number of rotatable bonds is 5. The Morgan fingerprint density at radius 1 is 1.20 bits per heavy atom. The van der Waals surface area contributed by atoms with Gasteiger partial charge in [-0.1, -0.05) is 35.9 Å². The van der Waals surface area contributed by atoms with Crippen LogP contribution in [0.4, 0.5) is 4.39 Å². The van der Waals surface area contributed by atoms with Crippen LogP contribution >= 0.6 is 0 Å². The minimum atomic E-state index is -0.242. The average Bonchev–Trinajstić information content (AvgIpc) is 2.45. The number of methoxy groups -OCH3 is 1. The minimum Gasteiger partial charge on any atom is -0.497 e. The van der Waals surface area contributed by atoms with Crippen molar-refractivity contribution in [1.82, 2.24) is 5.32 Å². The highest BCUT2D eigenvalue weighted by atomic mass is 19.1. The van der Waals surface area contributed by atoms with E-state index in [1.165, 1.54) is 24.3 Å².